The normalized spacial score (nSPS) is 10.4. The molecule has 0 atom stereocenters. The van der Waals surface area contributed by atoms with Crippen LogP contribution in [0.5, 0.6) is 0 Å². The van der Waals surface area contributed by atoms with Crippen molar-refractivity contribution >= 4 is 5.95 Å². The molecule has 0 radical (unpaired) electrons. The van der Waals surface area contributed by atoms with Crippen molar-refractivity contribution in [3.63, 3.8) is 0 Å². The predicted octanol–water partition coefficient (Wildman–Crippen LogP) is 0.119. The van der Waals surface area contributed by atoms with E-state index in [1.54, 1.807) is 11.7 Å². The third kappa shape index (κ3) is 1.70. The van der Waals surface area contributed by atoms with Crippen molar-refractivity contribution < 1.29 is 4.52 Å². The third-order valence-electron chi connectivity index (χ3n) is 1.72. The molecule has 74 valence electrons. The van der Waals surface area contributed by atoms with Gasteiger partial charge in [0.15, 0.2) is 5.76 Å². The first-order valence-electron chi connectivity index (χ1n) is 4.14. The molecule has 0 aromatic carbocycles. The van der Waals surface area contributed by atoms with Gasteiger partial charge in [-0.1, -0.05) is 10.3 Å². The quantitative estimate of drug-likeness (QED) is 0.747. The van der Waals surface area contributed by atoms with Gasteiger partial charge in [0, 0.05) is 13.1 Å². The first-order chi connectivity index (χ1) is 6.75. The Kier molecular flexibility index (Phi) is 2.13. The second kappa shape index (κ2) is 3.44. The minimum atomic E-state index is 0.523. The van der Waals surface area contributed by atoms with E-state index in [1.165, 1.54) is 0 Å². The summed E-state index contributed by atoms with van der Waals surface area (Å²) in [5.74, 6) is 1.35. The van der Waals surface area contributed by atoms with Gasteiger partial charge in [-0.2, -0.15) is 0 Å². The number of anilines is 1. The Morgan fingerprint density at radius 2 is 2.43 bits per heavy atom. The second-order valence-corrected chi connectivity index (χ2v) is 2.91. The van der Waals surface area contributed by atoms with Gasteiger partial charge in [-0.05, 0) is 17.4 Å². The molecule has 0 aliphatic heterocycles. The lowest BCUT2D eigenvalue weighted by molar-refractivity contribution is 0.384. The van der Waals surface area contributed by atoms with E-state index in [2.05, 4.69) is 26.0 Å². The maximum absolute atomic E-state index is 5.01. The molecule has 0 fully saturated rings. The summed E-state index contributed by atoms with van der Waals surface area (Å²) >= 11 is 0. The van der Waals surface area contributed by atoms with E-state index in [1.807, 2.05) is 13.0 Å². The van der Waals surface area contributed by atoms with Crippen molar-refractivity contribution in [2.45, 2.75) is 13.5 Å². The molecule has 2 aromatic heterocycles. The van der Waals surface area contributed by atoms with E-state index in [4.69, 9.17) is 4.52 Å². The fourth-order valence-corrected chi connectivity index (χ4v) is 1.04. The fourth-order valence-electron chi connectivity index (χ4n) is 1.04. The summed E-state index contributed by atoms with van der Waals surface area (Å²) in [6.07, 6.45) is 0. The molecule has 0 bridgehead atoms. The summed E-state index contributed by atoms with van der Waals surface area (Å²) in [6.45, 7) is 2.39. The van der Waals surface area contributed by atoms with Crippen LogP contribution in [-0.4, -0.2) is 25.4 Å². The van der Waals surface area contributed by atoms with Crippen LogP contribution in [0.4, 0.5) is 5.95 Å². The monoisotopic (exact) mass is 194 g/mol. The standard InChI is InChI=1S/C7H10N6O/c1-5-3-6(14-10-5)4-8-7-9-11-12-13(7)2/h3H,4H2,1-2H3,(H,8,9,12). The summed E-state index contributed by atoms with van der Waals surface area (Å²) in [5, 5.41) is 17.7. The van der Waals surface area contributed by atoms with Crippen LogP contribution in [0.3, 0.4) is 0 Å². The summed E-state index contributed by atoms with van der Waals surface area (Å²) in [7, 11) is 1.76. The average molecular weight is 194 g/mol. The highest BCUT2D eigenvalue weighted by molar-refractivity contribution is 5.22. The molecule has 2 rings (SSSR count). The highest BCUT2D eigenvalue weighted by atomic mass is 16.5. The van der Waals surface area contributed by atoms with Crippen LogP contribution < -0.4 is 5.32 Å². The number of rotatable bonds is 3. The van der Waals surface area contributed by atoms with Gasteiger partial charge >= 0.3 is 0 Å². The number of nitrogens with zero attached hydrogens (tertiary/aromatic N) is 5. The summed E-state index contributed by atoms with van der Waals surface area (Å²) in [5.41, 5.74) is 0.859. The number of aromatic nitrogens is 5. The lowest BCUT2D eigenvalue weighted by Crippen LogP contribution is -2.04. The van der Waals surface area contributed by atoms with E-state index in [9.17, 15) is 0 Å². The summed E-state index contributed by atoms with van der Waals surface area (Å²) in [4.78, 5) is 0. The molecule has 0 saturated carbocycles. The van der Waals surface area contributed by atoms with E-state index < -0.39 is 0 Å². The average Bonchev–Trinajstić information content (AvgIpc) is 2.72. The van der Waals surface area contributed by atoms with Crippen LogP contribution in [0.2, 0.25) is 0 Å². The smallest absolute Gasteiger partial charge is 0.243 e. The minimum Gasteiger partial charge on any atom is -0.359 e. The molecule has 0 saturated heterocycles. The van der Waals surface area contributed by atoms with Crippen LogP contribution >= 0.6 is 0 Å². The van der Waals surface area contributed by atoms with Crippen molar-refractivity contribution in [2.75, 3.05) is 5.32 Å². The largest absolute Gasteiger partial charge is 0.359 e. The molecule has 2 aromatic rings. The zero-order chi connectivity index (χ0) is 9.97. The number of hydrogen-bond donors (Lipinski definition) is 1. The predicted molar refractivity (Wildman–Crippen MR) is 47.4 cm³/mol. The number of tetrazole rings is 1. The van der Waals surface area contributed by atoms with Gasteiger partial charge in [-0.15, -0.1) is 0 Å². The fraction of sp³-hybridized carbons (Fsp3) is 0.429. The van der Waals surface area contributed by atoms with Crippen molar-refractivity contribution in [1.29, 1.82) is 0 Å². The maximum atomic E-state index is 5.01. The third-order valence-corrected chi connectivity index (χ3v) is 1.72. The van der Waals surface area contributed by atoms with Crippen molar-refractivity contribution in [1.82, 2.24) is 25.4 Å². The second-order valence-electron chi connectivity index (χ2n) is 2.91. The number of hydrogen-bond acceptors (Lipinski definition) is 6. The van der Waals surface area contributed by atoms with E-state index >= 15 is 0 Å². The van der Waals surface area contributed by atoms with Crippen molar-refractivity contribution in [3.8, 4) is 0 Å². The van der Waals surface area contributed by atoms with Gasteiger partial charge in [-0.3, -0.25) is 0 Å². The lowest BCUT2D eigenvalue weighted by Gasteiger charge is -1.99. The summed E-state index contributed by atoms with van der Waals surface area (Å²) in [6, 6.07) is 1.86. The molecule has 0 amide bonds. The van der Waals surface area contributed by atoms with Gasteiger partial charge < -0.3 is 9.84 Å². The highest BCUT2D eigenvalue weighted by Crippen LogP contribution is 2.04. The Hall–Kier alpha value is -1.92. The Labute approximate surface area is 80.1 Å². The molecule has 0 spiro atoms. The molecule has 0 aliphatic rings. The van der Waals surface area contributed by atoms with Gasteiger partial charge in [-0.25, -0.2) is 4.68 Å². The zero-order valence-electron chi connectivity index (χ0n) is 7.93. The number of nitrogens with one attached hydrogen (secondary N) is 1. The summed E-state index contributed by atoms with van der Waals surface area (Å²) < 4.78 is 6.56. The Morgan fingerprint density at radius 1 is 1.57 bits per heavy atom. The van der Waals surface area contributed by atoms with Crippen LogP contribution in [0, 0.1) is 6.92 Å². The van der Waals surface area contributed by atoms with Crippen LogP contribution in [-0.2, 0) is 13.6 Å². The first-order valence-corrected chi connectivity index (χ1v) is 4.14. The Balaban J connectivity index is 1.98. The molecule has 7 heteroatoms. The van der Waals surface area contributed by atoms with Crippen molar-refractivity contribution in [2.24, 2.45) is 7.05 Å². The molecular weight excluding hydrogens is 184 g/mol. The first kappa shape index (κ1) is 8.67. The van der Waals surface area contributed by atoms with E-state index in [0.29, 0.717) is 12.5 Å². The molecule has 2 heterocycles. The topological polar surface area (TPSA) is 81.7 Å². The van der Waals surface area contributed by atoms with Gasteiger partial charge in [0.1, 0.15) is 0 Å². The van der Waals surface area contributed by atoms with Gasteiger partial charge in [0.25, 0.3) is 0 Å². The van der Waals surface area contributed by atoms with Crippen LogP contribution in [0.25, 0.3) is 0 Å². The molecule has 1 N–H and O–H groups in total. The van der Waals surface area contributed by atoms with E-state index in [-0.39, 0.29) is 0 Å². The SMILES string of the molecule is Cc1cc(CNc2nnnn2C)on1. The van der Waals surface area contributed by atoms with Crippen molar-refractivity contribution in [3.05, 3.63) is 17.5 Å². The number of aryl methyl sites for hydroxylation is 2. The van der Waals surface area contributed by atoms with Gasteiger partial charge in [0.2, 0.25) is 5.95 Å². The molecule has 0 unspecified atom stereocenters. The molecular formula is C7H10N6O. The highest BCUT2D eigenvalue weighted by Gasteiger charge is 2.03. The minimum absolute atomic E-state index is 0.523. The van der Waals surface area contributed by atoms with Gasteiger partial charge in [0.05, 0.1) is 12.2 Å². The molecule has 0 aliphatic carbocycles. The molecule has 7 nitrogen and oxygen atoms in total. The Bertz CT molecular complexity index is 419. The molecule has 14 heavy (non-hydrogen) atoms. The Morgan fingerprint density at radius 3 is 3.00 bits per heavy atom. The van der Waals surface area contributed by atoms with Crippen LogP contribution in [0.15, 0.2) is 10.6 Å². The van der Waals surface area contributed by atoms with Crippen LogP contribution in [0.1, 0.15) is 11.5 Å². The van der Waals surface area contributed by atoms with E-state index in [0.717, 1.165) is 11.5 Å². The maximum Gasteiger partial charge on any atom is 0.243 e. The zero-order valence-corrected chi connectivity index (χ0v) is 7.93. The lowest BCUT2D eigenvalue weighted by atomic mass is 10.4.